The average molecular weight is 304 g/mol. The summed E-state index contributed by atoms with van der Waals surface area (Å²) in [5.74, 6) is 0. The summed E-state index contributed by atoms with van der Waals surface area (Å²) in [6.07, 6.45) is 1.17. The smallest absolute Gasteiger partial charge is 0.0704 e. The van der Waals surface area contributed by atoms with E-state index in [9.17, 15) is 0 Å². The zero-order chi connectivity index (χ0) is 12.3. The molecule has 0 fully saturated rings. The van der Waals surface area contributed by atoms with Crippen molar-refractivity contribution in [1.82, 2.24) is 5.32 Å². The fraction of sp³-hybridized carbons (Fsp3) is 0.692. The SMILES string of the molecule is CCNC(CC(C)(C)C)c1cc(Br)sc1C. The first kappa shape index (κ1) is 14.2. The van der Waals surface area contributed by atoms with E-state index in [-0.39, 0.29) is 0 Å². The standard InChI is InChI=1S/C13H22BrNS/c1-6-15-11(8-13(3,4)5)10-7-12(14)16-9(10)2/h7,11,15H,6,8H2,1-5H3. The van der Waals surface area contributed by atoms with Crippen molar-refractivity contribution in [2.45, 2.75) is 47.1 Å². The normalized spacial score (nSPS) is 14.1. The Morgan fingerprint density at radius 2 is 2.06 bits per heavy atom. The van der Waals surface area contributed by atoms with E-state index in [1.165, 1.54) is 20.6 Å². The molecule has 1 atom stereocenters. The van der Waals surface area contributed by atoms with Crippen LogP contribution in [0.1, 0.15) is 50.6 Å². The van der Waals surface area contributed by atoms with E-state index in [1.807, 2.05) is 11.3 Å². The minimum atomic E-state index is 0.355. The largest absolute Gasteiger partial charge is 0.310 e. The zero-order valence-electron chi connectivity index (χ0n) is 10.9. The molecule has 1 heterocycles. The number of aryl methyl sites for hydroxylation is 1. The zero-order valence-corrected chi connectivity index (χ0v) is 13.3. The fourth-order valence-electron chi connectivity index (χ4n) is 1.96. The lowest BCUT2D eigenvalue weighted by atomic mass is 9.85. The molecule has 1 nitrogen and oxygen atoms in total. The quantitative estimate of drug-likeness (QED) is 0.833. The van der Waals surface area contributed by atoms with Gasteiger partial charge in [-0.05, 0) is 52.9 Å². The van der Waals surface area contributed by atoms with Crippen molar-refractivity contribution in [2.75, 3.05) is 6.54 Å². The maximum absolute atomic E-state index is 3.60. The monoisotopic (exact) mass is 303 g/mol. The molecule has 1 unspecified atom stereocenters. The summed E-state index contributed by atoms with van der Waals surface area (Å²) in [6.45, 7) is 12.3. The predicted molar refractivity (Wildman–Crippen MR) is 77.2 cm³/mol. The van der Waals surface area contributed by atoms with E-state index in [0.717, 1.165) is 6.54 Å². The van der Waals surface area contributed by atoms with E-state index in [1.54, 1.807) is 0 Å². The first-order valence-corrected chi connectivity index (χ1v) is 7.43. The van der Waals surface area contributed by atoms with Crippen LogP contribution in [-0.2, 0) is 0 Å². The topological polar surface area (TPSA) is 12.0 Å². The number of hydrogen-bond donors (Lipinski definition) is 1. The van der Waals surface area contributed by atoms with Crippen molar-refractivity contribution in [3.05, 3.63) is 20.3 Å². The molecule has 1 aromatic heterocycles. The van der Waals surface area contributed by atoms with Gasteiger partial charge in [-0.2, -0.15) is 0 Å². The lowest BCUT2D eigenvalue weighted by Crippen LogP contribution is -2.25. The molecule has 92 valence electrons. The second-order valence-corrected chi connectivity index (χ2v) is 8.07. The van der Waals surface area contributed by atoms with E-state index >= 15 is 0 Å². The second-order valence-electron chi connectivity index (χ2n) is 5.44. The number of nitrogens with one attached hydrogen (secondary N) is 1. The summed E-state index contributed by atoms with van der Waals surface area (Å²) in [5.41, 5.74) is 1.81. The molecule has 0 aliphatic rings. The number of thiophene rings is 1. The van der Waals surface area contributed by atoms with Crippen LogP contribution < -0.4 is 5.32 Å². The molecule has 0 saturated heterocycles. The Morgan fingerprint density at radius 1 is 1.44 bits per heavy atom. The van der Waals surface area contributed by atoms with Crippen LogP contribution in [0.15, 0.2) is 9.85 Å². The van der Waals surface area contributed by atoms with Gasteiger partial charge >= 0.3 is 0 Å². The summed E-state index contributed by atoms with van der Waals surface area (Å²) in [5, 5.41) is 3.60. The third-order valence-corrected chi connectivity index (χ3v) is 4.14. The molecule has 3 heteroatoms. The van der Waals surface area contributed by atoms with Gasteiger partial charge in [0.1, 0.15) is 0 Å². The first-order chi connectivity index (χ1) is 7.33. The van der Waals surface area contributed by atoms with Gasteiger partial charge in [-0.1, -0.05) is 27.7 Å². The molecule has 0 spiro atoms. The Kier molecular flexibility index (Phi) is 5.02. The van der Waals surface area contributed by atoms with Gasteiger partial charge in [0.15, 0.2) is 0 Å². The number of hydrogen-bond acceptors (Lipinski definition) is 2. The van der Waals surface area contributed by atoms with Crippen LogP contribution in [0.4, 0.5) is 0 Å². The van der Waals surface area contributed by atoms with Gasteiger partial charge < -0.3 is 5.32 Å². The van der Waals surface area contributed by atoms with Crippen molar-refractivity contribution >= 4 is 27.3 Å². The molecule has 0 aromatic carbocycles. The van der Waals surface area contributed by atoms with E-state index in [2.05, 4.69) is 61.9 Å². The van der Waals surface area contributed by atoms with E-state index < -0.39 is 0 Å². The minimum Gasteiger partial charge on any atom is -0.310 e. The maximum atomic E-state index is 3.60. The lowest BCUT2D eigenvalue weighted by Gasteiger charge is -2.26. The summed E-state index contributed by atoms with van der Waals surface area (Å²) in [7, 11) is 0. The van der Waals surface area contributed by atoms with Crippen LogP contribution in [0.5, 0.6) is 0 Å². The number of halogens is 1. The molecule has 0 aliphatic heterocycles. The van der Waals surface area contributed by atoms with Crippen LogP contribution >= 0.6 is 27.3 Å². The van der Waals surface area contributed by atoms with Crippen molar-refractivity contribution in [2.24, 2.45) is 5.41 Å². The van der Waals surface area contributed by atoms with Gasteiger partial charge in [0.05, 0.1) is 3.79 Å². The second kappa shape index (κ2) is 5.65. The first-order valence-electron chi connectivity index (χ1n) is 5.82. The van der Waals surface area contributed by atoms with Crippen LogP contribution in [0.25, 0.3) is 0 Å². The Hall–Kier alpha value is 0.140. The molecular weight excluding hydrogens is 282 g/mol. The molecule has 16 heavy (non-hydrogen) atoms. The fourth-order valence-corrected chi connectivity index (χ4v) is 3.73. The van der Waals surface area contributed by atoms with Crippen molar-refractivity contribution in [1.29, 1.82) is 0 Å². The molecule has 1 aromatic rings. The Morgan fingerprint density at radius 3 is 2.44 bits per heavy atom. The molecule has 0 radical (unpaired) electrons. The maximum Gasteiger partial charge on any atom is 0.0704 e. The molecule has 0 bridgehead atoms. The van der Waals surface area contributed by atoms with Gasteiger partial charge in [-0.15, -0.1) is 11.3 Å². The molecule has 1 N–H and O–H groups in total. The van der Waals surface area contributed by atoms with Crippen molar-refractivity contribution in [3.8, 4) is 0 Å². The highest BCUT2D eigenvalue weighted by atomic mass is 79.9. The average Bonchev–Trinajstić information content (AvgIpc) is 2.42. The van der Waals surface area contributed by atoms with Gasteiger partial charge in [0.25, 0.3) is 0 Å². The summed E-state index contributed by atoms with van der Waals surface area (Å²) < 4.78 is 1.23. The van der Waals surface area contributed by atoms with Crippen molar-refractivity contribution < 1.29 is 0 Å². The van der Waals surface area contributed by atoms with Crippen LogP contribution in [0.3, 0.4) is 0 Å². The van der Waals surface area contributed by atoms with Gasteiger partial charge in [0.2, 0.25) is 0 Å². The van der Waals surface area contributed by atoms with Gasteiger partial charge in [-0.25, -0.2) is 0 Å². The van der Waals surface area contributed by atoms with Crippen LogP contribution in [-0.4, -0.2) is 6.54 Å². The summed E-state index contributed by atoms with van der Waals surface area (Å²) >= 11 is 5.40. The highest BCUT2D eigenvalue weighted by Gasteiger charge is 2.21. The summed E-state index contributed by atoms with van der Waals surface area (Å²) in [4.78, 5) is 1.42. The highest BCUT2D eigenvalue weighted by molar-refractivity contribution is 9.11. The molecule has 0 aliphatic carbocycles. The Bertz CT molecular complexity index is 338. The predicted octanol–water partition coefficient (Wildman–Crippen LogP) is 4.91. The molecule has 0 saturated carbocycles. The third-order valence-electron chi connectivity index (χ3n) is 2.57. The Balaban J connectivity index is 2.89. The highest BCUT2D eigenvalue weighted by Crippen LogP contribution is 2.36. The van der Waals surface area contributed by atoms with Gasteiger partial charge in [0, 0.05) is 10.9 Å². The number of rotatable bonds is 4. The summed E-state index contributed by atoms with van der Waals surface area (Å²) in [6, 6.07) is 2.74. The minimum absolute atomic E-state index is 0.355. The third kappa shape index (κ3) is 4.19. The Labute approximate surface area is 112 Å². The van der Waals surface area contributed by atoms with Crippen LogP contribution in [0.2, 0.25) is 0 Å². The van der Waals surface area contributed by atoms with Crippen LogP contribution in [0, 0.1) is 12.3 Å². The molecule has 1 rings (SSSR count). The lowest BCUT2D eigenvalue weighted by molar-refractivity contribution is 0.314. The molecular formula is C13H22BrNS. The molecule has 0 amide bonds. The van der Waals surface area contributed by atoms with E-state index in [0.29, 0.717) is 11.5 Å². The van der Waals surface area contributed by atoms with Crippen molar-refractivity contribution in [3.63, 3.8) is 0 Å². The van der Waals surface area contributed by atoms with E-state index in [4.69, 9.17) is 0 Å². The van der Waals surface area contributed by atoms with Gasteiger partial charge in [-0.3, -0.25) is 0 Å².